The molecule has 1 N–H and O–H groups in total. The lowest BCUT2D eigenvalue weighted by atomic mass is 9.95. The third-order valence-electron chi connectivity index (χ3n) is 4.06. The van der Waals surface area contributed by atoms with E-state index in [1.807, 2.05) is 6.20 Å². The normalized spacial score (nSPS) is 16.8. The minimum atomic E-state index is -0.234. The van der Waals surface area contributed by atoms with E-state index in [1.54, 1.807) is 12.3 Å². The highest BCUT2D eigenvalue weighted by atomic mass is 19.1. The highest BCUT2D eigenvalue weighted by molar-refractivity contribution is 5.33. The van der Waals surface area contributed by atoms with Crippen LogP contribution in [0.4, 0.5) is 4.39 Å². The van der Waals surface area contributed by atoms with Crippen LogP contribution in [0.15, 0.2) is 30.6 Å². The summed E-state index contributed by atoms with van der Waals surface area (Å²) in [6.45, 7) is 2.40. The molecule has 1 aromatic heterocycles. The van der Waals surface area contributed by atoms with Gasteiger partial charge in [0, 0.05) is 30.4 Å². The zero-order valence-electron chi connectivity index (χ0n) is 11.7. The van der Waals surface area contributed by atoms with E-state index in [0.717, 1.165) is 31.8 Å². The number of piperidine rings is 1. The maximum absolute atomic E-state index is 13.8. The second kappa shape index (κ2) is 6.06. The number of nitriles is 1. The van der Waals surface area contributed by atoms with E-state index in [-0.39, 0.29) is 5.82 Å². The fraction of sp³-hybridized carbons (Fsp3) is 0.375. The highest BCUT2D eigenvalue weighted by Crippen LogP contribution is 2.26. The van der Waals surface area contributed by atoms with Gasteiger partial charge in [-0.2, -0.15) is 5.26 Å². The van der Waals surface area contributed by atoms with Crippen molar-refractivity contribution in [1.29, 1.82) is 5.26 Å². The van der Waals surface area contributed by atoms with Gasteiger partial charge in [0.25, 0.3) is 0 Å². The lowest BCUT2D eigenvalue weighted by Gasteiger charge is -2.31. The molecule has 0 bridgehead atoms. The van der Waals surface area contributed by atoms with Crippen molar-refractivity contribution in [3.05, 3.63) is 53.4 Å². The van der Waals surface area contributed by atoms with E-state index in [4.69, 9.17) is 5.26 Å². The molecule has 1 aromatic carbocycles. The standard InChI is InChI=1S/C16H17FN4/c17-15-2-1-12(10-18)9-14(15)11-21-7-3-13(4-8-21)16-19-5-6-20-16/h1-2,5-6,9,13H,3-4,7-8,11H2,(H,19,20). The molecule has 0 aliphatic carbocycles. The van der Waals surface area contributed by atoms with Gasteiger partial charge in [0.15, 0.2) is 0 Å². The summed E-state index contributed by atoms with van der Waals surface area (Å²) >= 11 is 0. The first kappa shape index (κ1) is 13.8. The van der Waals surface area contributed by atoms with Crippen LogP contribution in [0.25, 0.3) is 0 Å². The highest BCUT2D eigenvalue weighted by Gasteiger charge is 2.22. The van der Waals surface area contributed by atoms with Gasteiger partial charge in [0.1, 0.15) is 11.6 Å². The number of rotatable bonds is 3. The lowest BCUT2D eigenvalue weighted by Crippen LogP contribution is -2.33. The number of nitrogens with one attached hydrogen (secondary N) is 1. The van der Waals surface area contributed by atoms with E-state index >= 15 is 0 Å². The molecule has 5 heteroatoms. The number of nitrogens with zero attached hydrogens (tertiary/aromatic N) is 3. The van der Waals surface area contributed by atoms with E-state index in [1.165, 1.54) is 12.1 Å². The largest absolute Gasteiger partial charge is 0.348 e. The average Bonchev–Trinajstić information content (AvgIpc) is 3.04. The summed E-state index contributed by atoms with van der Waals surface area (Å²) in [5, 5.41) is 8.90. The Morgan fingerprint density at radius 2 is 2.19 bits per heavy atom. The van der Waals surface area contributed by atoms with Gasteiger partial charge in [-0.3, -0.25) is 4.90 Å². The smallest absolute Gasteiger partial charge is 0.127 e. The average molecular weight is 284 g/mol. The predicted molar refractivity (Wildman–Crippen MR) is 77.0 cm³/mol. The lowest BCUT2D eigenvalue weighted by molar-refractivity contribution is 0.200. The Morgan fingerprint density at radius 1 is 1.38 bits per heavy atom. The molecule has 1 aliphatic heterocycles. The van der Waals surface area contributed by atoms with Gasteiger partial charge in [-0.15, -0.1) is 0 Å². The third kappa shape index (κ3) is 3.11. The molecule has 0 amide bonds. The molecule has 0 unspecified atom stereocenters. The maximum atomic E-state index is 13.8. The number of hydrogen-bond acceptors (Lipinski definition) is 3. The van der Waals surface area contributed by atoms with Gasteiger partial charge >= 0.3 is 0 Å². The summed E-state index contributed by atoms with van der Waals surface area (Å²) < 4.78 is 13.8. The number of benzene rings is 1. The number of halogens is 1. The topological polar surface area (TPSA) is 55.7 Å². The Morgan fingerprint density at radius 3 is 2.86 bits per heavy atom. The number of aromatic nitrogens is 2. The fourth-order valence-corrected chi connectivity index (χ4v) is 2.87. The van der Waals surface area contributed by atoms with Crippen molar-refractivity contribution in [2.75, 3.05) is 13.1 Å². The molecule has 0 radical (unpaired) electrons. The number of H-pyrrole nitrogens is 1. The van der Waals surface area contributed by atoms with E-state index in [2.05, 4.69) is 20.9 Å². The third-order valence-corrected chi connectivity index (χ3v) is 4.06. The second-order valence-corrected chi connectivity index (χ2v) is 5.44. The van der Waals surface area contributed by atoms with E-state index in [0.29, 0.717) is 23.6 Å². The predicted octanol–water partition coefficient (Wildman–Crippen LogP) is 2.80. The van der Waals surface area contributed by atoms with Crippen molar-refractivity contribution >= 4 is 0 Å². The monoisotopic (exact) mass is 284 g/mol. The first-order chi connectivity index (χ1) is 10.3. The summed E-state index contributed by atoms with van der Waals surface area (Å²) in [6, 6.07) is 6.60. The summed E-state index contributed by atoms with van der Waals surface area (Å²) in [7, 11) is 0. The van der Waals surface area contributed by atoms with Gasteiger partial charge < -0.3 is 4.98 Å². The Labute approximate surface area is 123 Å². The molecule has 4 nitrogen and oxygen atoms in total. The molecule has 0 spiro atoms. The molecular weight excluding hydrogens is 267 g/mol. The molecule has 21 heavy (non-hydrogen) atoms. The van der Waals surface area contributed by atoms with Gasteiger partial charge in [0.2, 0.25) is 0 Å². The SMILES string of the molecule is N#Cc1ccc(F)c(CN2CCC(c3ncc[nH]3)CC2)c1. The molecule has 3 rings (SSSR count). The van der Waals surface area contributed by atoms with Crippen LogP contribution in [-0.2, 0) is 6.54 Å². The van der Waals surface area contributed by atoms with Crippen LogP contribution in [-0.4, -0.2) is 28.0 Å². The number of hydrogen-bond donors (Lipinski definition) is 1. The Kier molecular flexibility index (Phi) is 3.98. The first-order valence-electron chi connectivity index (χ1n) is 7.16. The molecule has 1 fully saturated rings. The summed E-state index contributed by atoms with van der Waals surface area (Å²) in [4.78, 5) is 9.72. The molecule has 0 saturated carbocycles. The van der Waals surface area contributed by atoms with Crippen LogP contribution < -0.4 is 0 Å². The zero-order valence-corrected chi connectivity index (χ0v) is 11.7. The Balaban J connectivity index is 1.62. The van der Waals surface area contributed by atoms with Crippen molar-refractivity contribution in [2.24, 2.45) is 0 Å². The summed E-state index contributed by atoms with van der Waals surface area (Å²) in [5.74, 6) is 1.28. The van der Waals surface area contributed by atoms with Crippen LogP contribution in [0.1, 0.15) is 35.7 Å². The van der Waals surface area contributed by atoms with Gasteiger partial charge in [-0.05, 0) is 44.1 Å². The number of likely N-dealkylation sites (tertiary alicyclic amines) is 1. The zero-order chi connectivity index (χ0) is 14.7. The van der Waals surface area contributed by atoms with Gasteiger partial charge in [-0.25, -0.2) is 9.37 Å². The van der Waals surface area contributed by atoms with Crippen LogP contribution in [0.3, 0.4) is 0 Å². The van der Waals surface area contributed by atoms with Crippen LogP contribution >= 0.6 is 0 Å². The molecule has 1 saturated heterocycles. The molecule has 2 heterocycles. The fourth-order valence-electron chi connectivity index (χ4n) is 2.87. The van der Waals surface area contributed by atoms with Crippen molar-refractivity contribution < 1.29 is 4.39 Å². The van der Waals surface area contributed by atoms with Gasteiger partial charge in [-0.1, -0.05) is 0 Å². The molecule has 2 aromatic rings. The minimum Gasteiger partial charge on any atom is -0.348 e. The molecular formula is C16H17FN4. The number of imidazole rings is 1. The van der Waals surface area contributed by atoms with Crippen molar-refractivity contribution in [3.63, 3.8) is 0 Å². The van der Waals surface area contributed by atoms with E-state index < -0.39 is 0 Å². The quantitative estimate of drug-likeness (QED) is 0.943. The Bertz CT molecular complexity index is 637. The van der Waals surface area contributed by atoms with Crippen molar-refractivity contribution in [3.8, 4) is 6.07 Å². The van der Waals surface area contributed by atoms with Gasteiger partial charge in [0.05, 0.1) is 11.6 Å². The number of aromatic amines is 1. The van der Waals surface area contributed by atoms with Crippen LogP contribution in [0.5, 0.6) is 0 Å². The van der Waals surface area contributed by atoms with Crippen molar-refractivity contribution in [2.45, 2.75) is 25.3 Å². The molecule has 108 valence electrons. The minimum absolute atomic E-state index is 0.234. The molecule has 1 aliphatic rings. The summed E-state index contributed by atoms with van der Waals surface area (Å²) in [6.07, 6.45) is 5.68. The molecule has 0 atom stereocenters. The van der Waals surface area contributed by atoms with Crippen LogP contribution in [0.2, 0.25) is 0 Å². The summed E-state index contributed by atoms with van der Waals surface area (Å²) in [5.41, 5.74) is 1.11. The first-order valence-corrected chi connectivity index (χ1v) is 7.16. The Hall–Kier alpha value is -2.19. The second-order valence-electron chi connectivity index (χ2n) is 5.44. The van der Waals surface area contributed by atoms with E-state index in [9.17, 15) is 4.39 Å². The van der Waals surface area contributed by atoms with Crippen molar-refractivity contribution in [1.82, 2.24) is 14.9 Å². The van der Waals surface area contributed by atoms with Crippen LogP contribution in [0, 0.1) is 17.1 Å². The maximum Gasteiger partial charge on any atom is 0.127 e.